The van der Waals surface area contributed by atoms with Crippen LogP contribution >= 0.6 is 11.3 Å². The maximum absolute atomic E-state index is 12.8. The average molecular weight is 385 g/mol. The molecule has 4 heterocycles. The van der Waals surface area contributed by atoms with Crippen molar-refractivity contribution < 1.29 is 4.79 Å². The largest absolute Gasteiger partial charge is 0.338 e. The van der Waals surface area contributed by atoms with Gasteiger partial charge < -0.3 is 9.47 Å². The van der Waals surface area contributed by atoms with E-state index in [1.165, 1.54) is 11.3 Å². The number of likely N-dealkylation sites (tertiary alicyclic amines) is 1. The quantitative estimate of drug-likeness (QED) is 0.687. The van der Waals surface area contributed by atoms with Crippen LogP contribution in [0.25, 0.3) is 0 Å². The number of carbonyl (C=O) groups excluding carboxylic acids is 1. The van der Waals surface area contributed by atoms with Gasteiger partial charge in [0.2, 0.25) is 0 Å². The predicted molar refractivity (Wildman–Crippen MR) is 102 cm³/mol. The topological polar surface area (TPSA) is 81.7 Å². The summed E-state index contributed by atoms with van der Waals surface area (Å²) in [6, 6.07) is 1.90. The lowest BCUT2D eigenvalue weighted by Crippen LogP contribution is -2.38. The number of piperidine rings is 1. The van der Waals surface area contributed by atoms with Crippen LogP contribution in [0.3, 0.4) is 0 Å². The second kappa shape index (κ2) is 7.22. The molecule has 0 radical (unpaired) electrons. The molecular weight excluding hydrogens is 362 g/mol. The van der Waals surface area contributed by atoms with Crippen molar-refractivity contribution >= 4 is 17.2 Å². The summed E-state index contributed by atoms with van der Waals surface area (Å²) >= 11 is 1.48. The summed E-state index contributed by atoms with van der Waals surface area (Å²) in [5.41, 5.74) is 0.834. The smallest absolute Gasteiger partial charge is 0.265 e. The predicted octanol–water partition coefficient (Wildman–Crippen LogP) is 2.15. The van der Waals surface area contributed by atoms with Crippen LogP contribution in [0.4, 0.5) is 0 Å². The van der Waals surface area contributed by atoms with Gasteiger partial charge in [-0.15, -0.1) is 21.5 Å². The number of carbonyl (C=O) groups is 1. The molecule has 0 bridgehead atoms. The lowest BCUT2D eigenvalue weighted by atomic mass is 9.95. The summed E-state index contributed by atoms with van der Waals surface area (Å²) in [5, 5.41) is 13.9. The normalized spacial score (nSPS) is 15.4. The van der Waals surface area contributed by atoms with E-state index in [1.54, 1.807) is 6.20 Å². The van der Waals surface area contributed by atoms with Gasteiger partial charge in [0.15, 0.2) is 5.82 Å². The molecule has 3 aromatic heterocycles. The zero-order valence-electron chi connectivity index (χ0n) is 15.8. The third-order valence-corrected chi connectivity index (χ3v) is 6.17. The van der Waals surface area contributed by atoms with E-state index in [0.717, 1.165) is 53.2 Å². The van der Waals surface area contributed by atoms with Gasteiger partial charge in [0.25, 0.3) is 5.91 Å². The van der Waals surface area contributed by atoms with Gasteiger partial charge >= 0.3 is 0 Å². The molecule has 0 spiro atoms. The molecule has 1 fully saturated rings. The molecule has 0 saturated carbocycles. The molecule has 1 aliphatic rings. The highest BCUT2D eigenvalue weighted by Crippen LogP contribution is 2.29. The van der Waals surface area contributed by atoms with Gasteiger partial charge in [-0.05, 0) is 32.8 Å². The van der Waals surface area contributed by atoms with Crippen LogP contribution in [0.5, 0.6) is 0 Å². The lowest BCUT2D eigenvalue weighted by Gasteiger charge is -2.31. The standard InChI is InChI=1S/C18H23N7OS/c1-12-16(27-13(2)20-12)18(26)24-9-5-14(6-10-24)17-22-21-15(23(17)3)11-25-8-4-7-19-25/h4,7-8,14H,5-6,9-11H2,1-3H3. The van der Waals surface area contributed by atoms with Crippen LogP contribution in [0.1, 0.15) is 50.8 Å². The first-order chi connectivity index (χ1) is 13.0. The van der Waals surface area contributed by atoms with Gasteiger partial charge in [-0.1, -0.05) is 0 Å². The first-order valence-corrected chi connectivity index (χ1v) is 9.93. The van der Waals surface area contributed by atoms with Crippen molar-refractivity contribution in [1.29, 1.82) is 0 Å². The summed E-state index contributed by atoms with van der Waals surface area (Å²) in [6.07, 6.45) is 5.48. The van der Waals surface area contributed by atoms with E-state index in [9.17, 15) is 4.79 Å². The minimum atomic E-state index is 0.105. The van der Waals surface area contributed by atoms with Crippen LogP contribution in [-0.4, -0.2) is 53.4 Å². The molecule has 1 amide bonds. The van der Waals surface area contributed by atoms with Crippen molar-refractivity contribution in [3.8, 4) is 0 Å². The summed E-state index contributed by atoms with van der Waals surface area (Å²) in [4.78, 5) is 19.9. The minimum Gasteiger partial charge on any atom is -0.338 e. The molecule has 0 unspecified atom stereocenters. The monoisotopic (exact) mass is 385 g/mol. The fourth-order valence-electron chi connectivity index (χ4n) is 3.62. The van der Waals surface area contributed by atoms with Crippen molar-refractivity contribution in [3.63, 3.8) is 0 Å². The Morgan fingerprint density at radius 3 is 2.67 bits per heavy atom. The van der Waals surface area contributed by atoms with Gasteiger partial charge in [0, 0.05) is 38.4 Å². The highest BCUT2D eigenvalue weighted by Gasteiger charge is 2.29. The Morgan fingerprint density at radius 1 is 1.26 bits per heavy atom. The van der Waals surface area contributed by atoms with Gasteiger partial charge in [-0.25, -0.2) is 4.98 Å². The Morgan fingerprint density at radius 2 is 2.04 bits per heavy atom. The van der Waals surface area contributed by atoms with Crippen molar-refractivity contribution in [2.24, 2.45) is 7.05 Å². The Hall–Kier alpha value is -2.55. The first kappa shape index (κ1) is 17.8. The molecule has 1 aliphatic heterocycles. The third-order valence-electron chi connectivity index (χ3n) is 5.11. The molecule has 0 aromatic carbocycles. The number of hydrogen-bond acceptors (Lipinski definition) is 6. The zero-order valence-corrected chi connectivity index (χ0v) is 16.6. The molecular formula is C18H23N7OS. The molecule has 0 N–H and O–H groups in total. The van der Waals surface area contributed by atoms with E-state index in [-0.39, 0.29) is 5.91 Å². The summed E-state index contributed by atoms with van der Waals surface area (Å²) in [6.45, 7) is 5.93. The first-order valence-electron chi connectivity index (χ1n) is 9.12. The number of rotatable bonds is 4. The molecule has 0 aliphatic carbocycles. The highest BCUT2D eigenvalue weighted by molar-refractivity contribution is 7.13. The highest BCUT2D eigenvalue weighted by atomic mass is 32.1. The fraction of sp³-hybridized carbons (Fsp3) is 0.500. The van der Waals surface area contributed by atoms with Crippen molar-refractivity contribution in [2.45, 2.75) is 39.2 Å². The molecule has 3 aromatic rings. The molecule has 1 saturated heterocycles. The number of nitrogens with zero attached hydrogens (tertiary/aromatic N) is 7. The molecule has 8 nitrogen and oxygen atoms in total. The maximum atomic E-state index is 12.8. The number of thiazole rings is 1. The van der Waals surface area contributed by atoms with E-state index >= 15 is 0 Å². The Kier molecular flexibility index (Phi) is 4.77. The second-order valence-corrected chi connectivity index (χ2v) is 8.15. The molecule has 0 atom stereocenters. The molecule has 27 heavy (non-hydrogen) atoms. The molecule has 4 rings (SSSR count). The van der Waals surface area contributed by atoms with Crippen LogP contribution in [0.2, 0.25) is 0 Å². The van der Waals surface area contributed by atoms with Crippen molar-refractivity contribution in [1.82, 2.24) is 34.4 Å². The SMILES string of the molecule is Cc1nc(C)c(C(=O)N2CCC(c3nnc(Cn4cccn4)n3C)CC2)s1. The van der Waals surface area contributed by atoms with E-state index in [2.05, 4.69) is 24.8 Å². The maximum Gasteiger partial charge on any atom is 0.265 e. The number of amides is 1. The van der Waals surface area contributed by atoms with E-state index in [4.69, 9.17) is 0 Å². The van der Waals surface area contributed by atoms with E-state index in [0.29, 0.717) is 12.5 Å². The molecule has 142 valence electrons. The van der Waals surface area contributed by atoms with Gasteiger partial charge in [-0.2, -0.15) is 5.10 Å². The number of aryl methyl sites for hydroxylation is 2. The summed E-state index contributed by atoms with van der Waals surface area (Å²) in [5.74, 6) is 2.31. The Balaban J connectivity index is 1.41. The molecule has 9 heteroatoms. The van der Waals surface area contributed by atoms with Gasteiger partial charge in [0.05, 0.1) is 10.7 Å². The Labute approximate surface area is 161 Å². The average Bonchev–Trinajstić information content (AvgIpc) is 3.37. The van der Waals surface area contributed by atoms with Crippen molar-refractivity contribution in [3.05, 3.63) is 45.7 Å². The number of aromatic nitrogens is 6. The Bertz CT molecular complexity index is 935. The van der Waals surface area contributed by atoms with Crippen LogP contribution < -0.4 is 0 Å². The van der Waals surface area contributed by atoms with Crippen LogP contribution in [0, 0.1) is 13.8 Å². The van der Waals surface area contributed by atoms with Crippen molar-refractivity contribution in [2.75, 3.05) is 13.1 Å². The zero-order chi connectivity index (χ0) is 19.0. The number of hydrogen-bond donors (Lipinski definition) is 0. The summed E-state index contributed by atoms with van der Waals surface area (Å²) in [7, 11) is 2.01. The second-order valence-electron chi connectivity index (χ2n) is 6.95. The summed E-state index contributed by atoms with van der Waals surface area (Å²) < 4.78 is 3.91. The lowest BCUT2D eigenvalue weighted by molar-refractivity contribution is 0.0714. The fourth-order valence-corrected chi connectivity index (χ4v) is 4.51. The minimum absolute atomic E-state index is 0.105. The van der Waals surface area contributed by atoms with Crippen LogP contribution in [0.15, 0.2) is 18.5 Å². The van der Waals surface area contributed by atoms with Gasteiger partial charge in [-0.3, -0.25) is 9.48 Å². The van der Waals surface area contributed by atoms with Gasteiger partial charge in [0.1, 0.15) is 17.2 Å². The van der Waals surface area contributed by atoms with E-state index < -0.39 is 0 Å². The van der Waals surface area contributed by atoms with Crippen LogP contribution in [-0.2, 0) is 13.6 Å². The van der Waals surface area contributed by atoms with E-state index in [1.807, 2.05) is 42.7 Å². The third kappa shape index (κ3) is 3.51.